The summed E-state index contributed by atoms with van der Waals surface area (Å²) in [6.45, 7) is 5.65. The third-order valence-corrected chi connectivity index (χ3v) is 3.08. The summed E-state index contributed by atoms with van der Waals surface area (Å²) in [7, 11) is 0. The number of hydrogen-bond acceptors (Lipinski definition) is 7. The predicted octanol–water partition coefficient (Wildman–Crippen LogP) is 2.05. The summed E-state index contributed by atoms with van der Waals surface area (Å²) >= 11 is 0. The molecule has 1 aromatic rings. The van der Waals surface area contributed by atoms with Crippen LogP contribution < -0.4 is 4.74 Å². The maximum absolute atomic E-state index is 11.2. The van der Waals surface area contributed by atoms with Gasteiger partial charge >= 0.3 is 17.9 Å². The molecule has 0 fully saturated rings. The summed E-state index contributed by atoms with van der Waals surface area (Å²) in [5, 5.41) is 0. The topological polar surface area (TPSA) is 88.1 Å². The van der Waals surface area contributed by atoms with Gasteiger partial charge < -0.3 is 18.9 Å². The summed E-state index contributed by atoms with van der Waals surface area (Å²) in [6, 6.07) is 7.29. The van der Waals surface area contributed by atoms with Gasteiger partial charge in [0.05, 0.1) is 0 Å². The predicted molar refractivity (Wildman–Crippen MR) is 89.1 cm³/mol. The van der Waals surface area contributed by atoms with Crippen LogP contribution in [0, 0.1) is 0 Å². The van der Waals surface area contributed by atoms with E-state index in [0.717, 1.165) is 5.56 Å². The molecule has 1 aromatic carbocycles. The van der Waals surface area contributed by atoms with E-state index in [4.69, 9.17) is 18.9 Å². The lowest BCUT2D eigenvalue weighted by atomic mass is 10.1. The van der Waals surface area contributed by atoms with Gasteiger partial charge in [-0.05, 0) is 18.6 Å². The van der Waals surface area contributed by atoms with E-state index in [0.29, 0.717) is 12.2 Å². The Labute approximate surface area is 147 Å². The Kier molecular flexibility index (Phi) is 8.46. The highest BCUT2D eigenvalue weighted by Crippen LogP contribution is 2.21. The number of benzene rings is 1. The zero-order chi connectivity index (χ0) is 18.8. The third kappa shape index (κ3) is 8.74. The molecule has 2 atom stereocenters. The highest BCUT2D eigenvalue weighted by molar-refractivity contribution is 5.67. The Morgan fingerprint density at radius 1 is 0.920 bits per heavy atom. The smallest absolute Gasteiger partial charge is 0.303 e. The van der Waals surface area contributed by atoms with Crippen LogP contribution >= 0.6 is 0 Å². The molecule has 0 radical (unpaired) electrons. The molecular weight excluding hydrogens is 328 g/mol. The molecule has 25 heavy (non-hydrogen) atoms. The van der Waals surface area contributed by atoms with Crippen LogP contribution in [0.15, 0.2) is 24.3 Å². The number of ether oxygens (including phenoxy) is 4. The number of hydrogen-bond donors (Lipinski definition) is 0. The van der Waals surface area contributed by atoms with Crippen molar-refractivity contribution >= 4 is 17.9 Å². The minimum Gasteiger partial charge on any atom is -0.489 e. The van der Waals surface area contributed by atoms with E-state index in [2.05, 4.69) is 0 Å². The van der Waals surface area contributed by atoms with E-state index in [1.807, 2.05) is 18.2 Å². The number of carbonyl (C=O) groups is 3. The highest BCUT2D eigenvalue weighted by atomic mass is 16.6. The standard InChI is InChI=1S/C18H24O7/c1-12(24-14(3)20)9-16-7-5-6-8-18(16)23-11-17(25-15(4)21)10-22-13(2)19/h5-8,12,17H,9-11H2,1-4H3. The Hall–Kier alpha value is -2.57. The van der Waals surface area contributed by atoms with Crippen molar-refractivity contribution in [2.45, 2.75) is 46.3 Å². The fraction of sp³-hybridized carbons (Fsp3) is 0.500. The first kappa shape index (κ1) is 20.5. The zero-order valence-electron chi connectivity index (χ0n) is 14.9. The van der Waals surface area contributed by atoms with E-state index in [-0.39, 0.29) is 25.3 Å². The maximum atomic E-state index is 11.2. The van der Waals surface area contributed by atoms with Gasteiger partial charge in [0.1, 0.15) is 25.1 Å². The molecule has 0 N–H and O–H groups in total. The van der Waals surface area contributed by atoms with Crippen LogP contribution in [0.3, 0.4) is 0 Å². The third-order valence-electron chi connectivity index (χ3n) is 3.08. The lowest BCUT2D eigenvalue weighted by Crippen LogP contribution is -2.30. The molecular formula is C18H24O7. The second-order valence-corrected chi connectivity index (χ2v) is 5.58. The number of rotatable bonds is 9. The van der Waals surface area contributed by atoms with Crippen LogP contribution in [-0.4, -0.2) is 43.3 Å². The van der Waals surface area contributed by atoms with E-state index < -0.39 is 18.0 Å². The zero-order valence-corrected chi connectivity index (χ0v) is 14.9. The molecule has 1 rings (SSSR count). The Balaban J connectivity index is 2.71. The Bertz CT molecular complexity index is 597. The van der Waals surface area contributed by atoms with Crippen molar-refractivity contribution in [2.75, 3.05) is 13.2 Å². The van der Waals surface area contributed by atoms with Gasteiger partial charge in [0, 0.05) is 27.2 Å². The number of carbonyl (C=O) groups excluding carboxylic acids is 3. The molecule has 0 saturated carbocycles. The average Bonchev–Trinajstić information content (AvgIpc) is 2.49. The average molecular weight is 352 g/mol. The van der Waals surface area contributed by atoms with Gasteiger partial charge in [0.25, 0.3) is 0 Å². The van der Waals surface area contributed by atoms with Crippen molar-refractivity contribution in [1.29, 1.82) is 0 Å². The summed E-state index contributed by atoms with van der Waals surface area (Å²) in [5.41, 5.74) is 0.852. The van der Waals surface area contributed by atoms with Crippen molar-refractivity contribution in [1.82, 2.24) is 0 Å². The van der Waals surface area contributed by atoms with Crippen molar-refractivity contribution in [3.8, 4) is 5.75 Å². The molecule has 0 aliphatic carbocycles. The lowest BCUT2D eigenvalue weighted by molar-refractivity contribution is -0.158. The first-order valence-corrected chi connectivity index (χ1v) is 7.96. The number of esters is 3. The second-order valence-electron chi connectivity index (χ2n) is 5.58. The van der Waals surface area contributed by atoms with Crippen molar-refractivity contribution < 1.29 is 33.3 Å². The monoisotopic (exact) mass is 352 g/mol. The molecule has 0 aromatic heterocycles. The van der Waals surface area contributed by atoms with Crippen LogP contribution in [0.25, 0.3) is 0 Å². The molecule has 0 bridgehead atoms. The van der Waals surface area contributed by atoms with Crippen LogP contribution in [0.5, 0.6) is 5.75 Å². The molecule has 2 unspecified atom stereocenters. The van der Waals surface area contributed by atoms with Gasteiger partial charge in [0.2, 0.25) is 0 Å². The molecule has 0 aliphatic rings. The first-order chi connectivity index (χ1) is 11.8. The van der Waals surface area contributed by atoms with Crippen LogP contribution in [0.1, 0.15) is 33.3 Å². The van der Waals surface area contributed by atoms with Gasteiger partial charge in [0.15, 0.2) is 6.10 Å². The summed E-state index contributed by atoms with van der Waals surface area (Å²) in [5.74, 6) is -0.714. The molecule has 138 valence electrons. The molecule has 0 aliphatic heterocycles. The lowest BCUT2D eigenvalue weighted by Gasteiger charge is -2.19. The second kappa shape index (κ2) is 10.3. The van der Waals surface area contributed by atoms with E-state index >= 15 is 0 Å². The van der Waals surface area contributed by atoms with E-state index in [1.165, 1.54) is 20.8 Å². The highest BCUT2D eigenvalue weighted by Gasteiger charge is 2.17. The molecule has 0 heterocycles. The normalized spacial score (nSPS) is 12.6. The first-order valence-electron chi connectivity index (χ1n) is 7.96. The van der Waals surface area contributed by atoms with E-state index in [1.54, 1.807) is 13.0 Å². The van der Waals surface area contributed by atoms with Gasteiger partial charge in [-0.25, -0.2) is 0 Å². The molecule has 0 spiro atoms. The molecule has 0 amide bonds. The fourth-order valence-electron chi connectivity index (χ4n) is 2.19. The van der Waals surface area contributed by atoms with Crippen molar-refractivity contribution in [3.63, 3.8) is 0 Å². The Morgan fingerprint density at radius 2 is 1.56 bits per heavy atom. The largest absolute Gasteiger partial charge is 0.489 e. The molecule has 0 saturated heterocycles. The van der Waals surface area contributed by atoms with Crippen LogP contribution in [-0.2, 0) is 35.0 Å². The van der Waals surface area contributed by atoms with Gasteiger partial charge in [-0.1, -0.05) is 18.2 Å². The fourth-order valence-corrected chi connectivity index (χ4v) is 2.19. The number of para-hydroxylation sites is 1. The Morgan fingerprint density at radius 3 is 2.16 bits per heavy atom. The van der Waals surface area contributed by atoms with Gasteiger partial charge in [-0.2, -0.15) is 0 Å². The maximum Gasteiger partial charge on any atom is 0.303 e. The molecule has 7 heteroatoms. The minimum absolute atomic E-state index is 0.0336. The van der Waals surface area contributed by atoms with Gasteiger partial charge in [-0.3, -0.25) is 14.4 Å². The minimum atomic E-state index is -0.708. The summed E-state index contributed by atoms with van der Waals surface area (Å²) < 4.78 is 20.8. The SMILES string of the molecule is CC(=O)OCC(COc1ccccc1CC(C)OC(C)=O)OC(C)=O. The molecule has 7 nitrogen and oxygen atoms in total. The van der Waals surface area contributed by atoms with E-state index in [9.17, 15) is 14.4 Å². The van der Waals surface area contributed by atoms with Gasteiger partial charge in [-0.15, -0.1) is 0 Å². The van der Waals surface area contributed by atoms with Crippen LogP contribution in [0.4, 0.5) is 0 Å². The quantitative estimate of drug-likeness (QED) is 0.496. The van der Waals surface area contributed by atoms with Crippen molar-refractivity contribution in [3.05, 3.63) is 29.8 Å². The van der Waals surface area contributed by atoms with Crippen molar-refractivity contribution in [2.24, 2.45) is 0 Å². The van der Waals surface area contributed by atoms with Crippen LogP contribution in [0.2, 0.25) is 0 Å². The summed E-state index contributed by atoms with van der Waals surface area (Å²) in [4.78, 5) is 33.1. The summed E-state index contributed by atoms with van der Waals surface area (Å²) in [6.07, 6.45) is -0.523.